The maximum absolute atomic E-state index is 6.48. The lowest BCUT2D eigenvalue weighted by atomic mass is 10.0. The molecule has 1 saturated carbocycles. The second kappa shape index (κ2) is 6.51. The van der Waals surface area contributed by atoms with Crippen molar-refractivity contribution in [2.45, 2.75) is 44.3 Å². The van der Waals surface area contributed by atoms with Crippen molar-refractivity contribution in [3.05, 3.63) is 22.8 Å². The molecule has 2 heterocycles. The zero-order valence-electron chi connectivity index (χ0n) is 13.0. The summed E-state index contributed by atoms with van der Waals surface area (Å²) in [6, 6.07) is 3.37. The fourth-order valence-electron chi connectivity index (χ4n) is 2.92. The lowest BCUT2D eigenvalue weighted by Crippen LogP contribution is -2.45. The normalized spacial score (nSPS) is 22.9. The van der Waals surface area contributed by atoms with Gasteiger partial charge in [-0.2, -0.15) is 0 Å². The summed E-state index contributed by atoms with van der Waals surface area (Å²) in [5.74, 6) is 0.943. The predicted octanol–water partition coefficient (Wildman–Crippen LogP) is 2.52. The van der Waals surface area contributed by atoms with Gasteiger partial charge in [0.1, 0.15) is 5.82 Å². The molecule has 1 aliphatic heterocycles. The SMILES string of the molecule is CN(C)C1CCCN(c2ncc(CNC3CC3)cc2Cl)C1. The summed E-state index contributed by atoms with van der Waals surface area (Å²) < 4.78 is 0. The van der Waals surface area contributed by atoms with Gasteiger partial charge >= 0.3 is 0 Å². The van der Waals surface area contributed by atoms with Gasteiger partial charge in [0.05, 0.1) is 5.02 Å². The molecule has 4 nitrogen and oxygen atoms in total. The van der Waals surface area contributed by atoms with E-state index in [4.69, 9.17) is 11.6 Å². The molecule has 2 fully saturated rings. The molecule has 0 aromatic carbocycles. The zero-order chi connectivity index (χ0) is 14.8. The third kappa shape index (κ3) is 3.87. The lowest BCUT2D eigenvalue weighted by Gasteiger charge is -2.37. The van der Waals surface area contributed by atoms with Crippen LogP contribution in [0.15, 0.2) is 12.3 Å². The Bertz CT molecular complexity index is 487. The van der Waals surface area contributed by atoms with Crippen molar-refractivity contribution in [3.63, 3.8) is 0 Å². The van der Waals surface area contributed by atoms with Gasteiger partial charge in [0.2, 0.25) is 0 Å². The van der Waals surface area contributed by atoms with Crippen molar-refractivity contribution >= 4 is 17.4 Å². The van der Waals surface area contributed by atoms with Crippen molar-refractivity contribution in [1.29, 1.82) is 0 Å². The quantitative estimate of drug-likeness (QED) is 0.906. The van der Waals surface area contributed by atoms with Gasteiger partial charge in [-0.05, 0) is 51.4 Å². The second-order valence-corrected chi connectivity index (χ2v) is 6.92. The Balaban J connectivity index is 1.66. The zero-order valence-corrected chi connectivity index (χ0v) is 13.7. The van der Waals surface area contributed by atoms with E-state index in [0.29, 0.717) is 12.1 Å². The molecule has 5 heteroatoms. The summed E-state index contributed by atoms with van der Waals surface area (Å²) in [4.78, 5) is 9.26. The summed E-state index contributed by atoms with van der Waals surface area (Å²) in [6.07, 6.45) is 7.03. The smallest absolute Gasteiger partial charge is 0.147 e. The van der Waals surface area contributed by atoms with Gasteiger partial charge in [0.25, 0.3) is 0 Å². The number of piperidine rings is 1. The number of halogens is 1. The van der Waals surface area contributed by atoms with E-state index in [0.717, 1.165) is 30.5 Å². The first-order valence-electron chi connectivity index (χ1n) is 7.92. The largest absolute Gasteiger partial charge is 0.354 e. The molecule has 1 saturated heterocycles. The van der Waals surface area contributed by atoms with E-state index in [1.807, 2.05) is 6.20 Å². The van der Waals surface area contributed by atoms with Gasteiger partial charge in [0, 0.05) is 37.9 Å². The minimum absolute atomic E-state index is 0.591. The van der Waals surface area contributed by atoms with Crippen LogP contribution in [0.25, 0.3) is 0 Å². The van der Waals surface area contributed by atoms with Gasteiger partial charge in [0.15, 0.2) is 0 Å². The van der Waals surface area contributed by atoms with Crippen molar-refractivity contribution in [2.75, 3.05) is 32.1 Å². The summed E-state index contributed by atoms with van der Waals surface area (Å²) in [5.41, 5.74) is 1.18. The molecule has 1 atom stereocenters. The van der Waals surface area contributed by atoms with Crippen molar-refractivity contribution < 1.29 is 0 Å². The number of nitrogens with one attached hydrogen (secondary N) is 1. The third-order valence-electron chi connectivity index (χ3n) is 4.48. The standard InChI is InChI=1S/C16H25ClN4/c1-20(2)14-4-3-7-21(11-14)16-15(17)8-12(10-19-16)9-18-13-5-6-13/h8,10,13-14,18H,3-7,9,11H2,1-2H3. The average molecular weight is 309 g/mol. The topological polar surface area (TPSA) is 31.4 Å². The van der Waals surface area contributed by atoms with Gasteiger partial charge in [-0.3, -0.25) is 0 Å². The molecule has 21 heavy (non-hydrogen) atoms. The number of aromatic nitrogens is 1. The molecule has 1 N–H and O–H groups in total. The molecule has 0 bridgehead atoms. The van der Waals surface area contributed by atoms with Crippen LogP contribution in [0.5, 0.6) is 0 Å². The molecule has 1 unspecified atom stereocenters. The van der Waals surface area contributed by atoms with Crippen LogP contribution in [0.1, 0.15) is 31.2 Å². The first-order valence-corrected chi connectivity index (χ1v) is 8.30. The molecule has 116 valence electrons. The minimum atomic E-state index is 0.591. The third-order valence-corrected chi connectivity index (χ3v) is 4.76. The first kappa shape index (κ1) is 15.1. The monoisotopic (exact) mass is 308 g/mol. The van der Waals surface area contributed by atoms with Crippen molar-refractivity contribution in [3.8, 4) is 0 Å². The highest BCUT2D eigenvalue weighted by atomic mass is 35.5. The van der Waals surface area contributed by atoms with Gasteiger partial charge in [-0.25, -0.2) is 4.98 Å². The highest BCUT2D eigenvalue weighted by molar-refractivity contribution is 6.33. The molecule has 0 amide bonds. The van der Waals surface area contributed by atoms with E-state index >= 15 is 0 Å². The summed E-state index contributed by atoms with van der Waals surface area (Å²) in [5, 5.41) is 4.28. The average Bonchev–Trinajstić information content (AvgIpc) is 3.29. The van der Waals surface area contributed by atoms with E-state index in [1.165, 1.54) is 31.2 Å². The molecule has 3 rings (SSSR count). The number of hydrogen-bond donors (Lipinski definition) is 1. The highest BCUT2D eigenvalue weighted by Gasteiger charge is 2.24. The van der Waals surface area contributed by atoms with Gasteiger partial charge in [-0.15, -0.1) is 0 Å². The van der Waals surface area contributed by atoms with Crippen LogP contribution in [-0.2, 0) is 6.54 Å². The van der Waals surface area contributed by atoms with Crippen LogP contribution in [0, 0.1) is 0 Å². The van der Waals surface area contributed by atoms with Crippen molar-refractivity contribution in [2.24, 2.45) is 0 Å². The fourth-order valence-corrected chi connectivity index (χ4v) is 3.23. The Morgan fingerprint density at radius 2 is 2.19 bits per heavy atom. The van der Waals surface area contributed by atoms with Gasteiger partial charge < -0.3 is 15.1 Å². The van der Waals surface area contributed by atoms with E-state index in [9.17, 15) is 0 Å². The Morgan fingerprint density at radius 1 is 1.38 bits per heavy atom. The fraction of sp³-hybridized carbons (Fsp3) is 0.688. The number of nitrogens with zero attached hydrogens (tertiary/aromatic N) is 3. The summed E-state index contributed by atoms with van der Waals surface area (Å²) >= 11 is 6.48. The van der Waals surface area contributed by atoms with Crippen LogP contribution < -0.4 is 10.2 Å². The van der Waals surface area contributed by atoms with E-state index in [1.54, 1.807) is 0 Å². The Kier molecular flexibility index (Phi) is 4.67. The Labute approximate surface area is 132 Å². The molecule has 1 aromatic heterocycles. The second-order valence-electron chi connectivity index (χ2n) is 6.51. The molecule has 1 aromatic rings. The van der Waals surface area contributed by atoms with Crippen LogP contribution in [0.4, 0.5) is 5.82 Å². The van der Waals surface area contributed by atoms with E-state index in [-0.39, 0.29) is 0 Å². The predicted molar refractivity (Wildman–Crippen MR) is 88.0 cm³/mol. The van der Waals surface area contributed by atoms with Crippen molar-refractivity contribution in [1.82, 2.24) is 15.2 Å². The van der Waals surface area contributed by atoms with Crippen LogP contribution >= 0.6 is 11.6 Å². The Hall–Kier alpha value is -0.840. The number of hydrogen-bond acceptors (Lipinski definition) is 4. The molecular formula is C16H25ClN4. The molecule has 0 radical (unpaired) electrons. The summed E-state index contributed by atoms with van der Waals surface area (Å²) in [6.45, 7) is 2.94. The minimum Gasteiger partial charge on any atom is -0.354 e. The highest BCUT2D eigenvalue weighted by Crippen LogP contribution is 2.28. The molecule has 2 aliphatic rings. The molecular weight excluding hydrogens is 284 g/mol. The summed E-state index contributed by atoms with van der Waals surface area (Å²) in [7, 11) is 4.30. The Morgan fingerprint density at radius 3 is 2.86 bits per heavy atom. The maximum Gasteiger partial charge on any atom is 0.147 e. The van der Waals surface area contributed by atoms with E-state index < -0.39 is 0 Å². The van der Waals surface area contributed by atoms with Crippen LogP contribution in [0.3, 0.4) is 0 Å². The van der Waals surface area contributed by atoms with Crippen LogP contribution in [-0.4, -0.2) is 49.2 Å². The number of anilines is 1. The van der Waals surface area contributed by atoms with Crippen LogP contribution in [0.2, 0.25) is 5.02 Å². The molecule has 1 aliphatic carbocycles. The number of rotatable bonds is 5. The maximum atomic E-state index is 6.48. The lowest BCUT2D eigenvalue weighted by molar-refractivity contribution is 0.257. The first-order chi connectivity index (χ1) is 10.1. The number of likely N-dealkylation sites (N-methyl/N-ethyl adjacent to an activating group) is 1. The number of pyridine rings is 1. The molecule has 0 spiro atoms. The van der Waals surface area contributed by atoms with E-state index in [2.05, 4.69) is 40.3 Å². The van der Waals surface area contributed by atoms with Gasteiger partial charge in [-0.1, -0.05) is 11.6 Å².